The number of nitrogens with one attached hydrogen (secondary N) is 1. The van der Waals surface area contributed by atoms with Crippen LogP contribution in [0.15, 0.2) is 72.0 Å². The second kappa shape index (κ2) is 11.0. The van der Waals surface area contributed by atoms with Crippen LogP contribution in [0, 0.1) is 0 Å². The van der Waals surface area contributed by atoms with E-state index in [0.29, 0.717) is 5.75 Å². The number of phenolic OH excluding ortho intramolecular Hbond substituents is 1. The fraction of sp³-hybridized carbons (Fsp3) is 0.304. The maximum absolute atomic E-state index is 10.1. The molecule has 1 aliphatic heterocycles. The molecule has 2 heterocycles. The van der Waals surface area contributed by atoms with Crippen molar-refractivity contribution in [2.75, 3.05) is 38.1 Å². The highest BCUT2D eigenvalue weighted by Gasteiger charge is 2.21. The van der Waals surface area contributed by atoms with Crippen molar-refractivity contribution in [3.63, 3.8) is 0 Å². The van der Waals surface area contributed by atoms with Crippen molar-refractivity contribution in [2.24, 2.45) is 4.99 Å². The summed E-state index contributed by atoms with van der Waals surface area (Å²) in [6, 6.07) is 18.0. The second-order valence-corrected chi connectivity index (χ2v) is 7.39. The third-order valence-electron chi connectivity index (χ3n) is 5.36. The summed E-state index contributed by atoms with van der Waals surface area (Å²) < 4.78 is 1.93. The SMILES string of the molecule is CN=C(NCc1cccc(Cn2cccn2)c1)N1CCN(c2ccccc2O)CC1.I. The van der Waals surface area contributed by atoms with Crippen LogP contribution in [-0.4, -0.2) is 59.0 Å². The van der Waals surface area contributed by atoms with E-state index in [1.165, 1.54) is 11.1 Å². The molecule has 2 aromatic carbocycles. The van der Waals surface area contributed by atoms with Crippen molar-refractivity contribution in [3.05, 3.63) is 78.1 Å². The number of aliphatic imine (C=N–C) groups is 1. The van der Waals surface area contributed by atoms with Crippen LogP contribution in [-0.2, 0) is 13.1 Å². The molecule has 2 N–H and O–H groups in total. The molecular weight excluding hydrogens is 503 g/mol. The van der Waals surface area contributed by atoms with E-state index in [0.717, 1.165) is 50.9 Å². The number of anilines is 1. The van der Waals surface area contributed by atoms with Gasteiger partial charge in [0.25, 0.3) is 0 Å². The molecule has 0 atom stereocenters. The van der Waals surface area contributed by atoms with Gasteiger partial charge in [-0.05, 0) is 29.3 Å². The molecule has 0 radical (unpaired) electrons. The lowest BCUT2D eigenvalue weighted by Gasteiger charge is -2.37. The Hall–Kier alpha value is -2.75. The Labute approximate surface area is 200 Å². The quantitative estimate of drug-likeness (QED) is 0.300. The molecular formula is C23H29IN6O. The van der Waals surface area contributed by atoms with E-state index < -0.39 is 0 Å². The maximum atomic E-state index is 10.1. The number of benzene rings is 2. The van der Waals surface area contributed by atoms with Crippen molar-refractivity contribution < 1.29 is 5.11 Å². The third kappa shape index (κ3) is 5.90. The predicted molar refractivity (Wildman–Crippen MR) is 135 cm³/mol. The minimum Gasteiger partial charge on any atom is -0.506 e. The first-order valence-corrected chi connectivity index (χ1v) is 10.3. The predicted octanol–water partition coefficient (Wildman–Crippen LogP) is 3.15. The molecule has 0 saturated carbocycles. The Morgan fingerprint density at radius 2 is 1.81 bits per heavy atom. The summed E-state index contributed by atoms with van der Waals surface area (Å²) in [6.45, 7) is 4.89. The molecule has 0 amide bonds. The summed E-state index contributed by atoms with van der Waals surface area (Å²) in [5.74, 6) is 1.24. The monoisotopic (exact) mass is 532 g/mol. The smallest absolute Gasteiger partial charge is 0.194 e. The first-order valence-electron chi connectivity index (χ1n) is 10.3. The number of halogens is 1. The number of nitrogens with zero attached hydrogens (tertiary/aromatic N) is 5. The van der Waals surface area contributed by atoms with Gasteiger partial charge in [0.05, 0.1) is 12.2 Å². The second-order valence-electron chi connectivity index (χ2n) is 7.39. The van der Waals surface area contributed by atoms with Gasteiger partial charge in [-0.2, -0.15) is 5.10 Å². The van der Waals surface area contributed by atoms with Crippen LogP contribution in [0.1, 0.15) is 11.1 Å². The van der Waals surface area contributed by atoms with Gasteiger partial charge in [0.15, 0.2) is 5.96 Å². The summed E-state index contributed by atoms with van der Waals surface area (Å²) in [5, 5.41) is 17.9. The summed E-state index contributed by atoms with van der Waals surface area (Å²) in [7, 11) is 1.83. The fourth-order valence-electron chi connectivity index (χ4n) is 3.82. The Bertz CT molecular complexity index is 983. The minimum atomic E-state index is 0. The maximum Gasteiger partial charge on any atom is 0.194 e. The van der Waals surface area contributed by atoms with Crippen LogP contribution in [0.4, 0.5) is 5.69 Å². The zero-order chi connectivity index (χ0) is 20.8. The van der Waals surface area contributed by atoms with Crippen molar-refractivity contribution in [2.45, 2.75) is 13.1 Å². The highest BCUT2D eigenvalue weighted by Crippen LogP contribution is 2.27. The van der Waals surface area contributed by atoms with E-state index in [-0.39, 0.29) is 24.0 Å². The fourth-order valence-corrected chi connectivity index (χ4v) is 3.82. The Morgan fingerprint density at radius 1 is 1.03 bits per heavy atom. The van der Waals surface area contributed by atoms with Gasteiger partial charge in [-0.1, -0.05) is 36.4 Å². The number of rotatable bonds is 5. The summed E-state index contributed by atoms with van der Waals surface area (Å²) >= 11 is 0. The number of aromatic hydroxyl groups is 1. The zero-order valence-corrected chi connectivity index (χ0v) is 20.0. The standard InChI is InChI=1S/C23H28N6O.HI/c1-24-23(28-14-12-27(13-15-28)21-8-2-3-9-22(21)30)25-17-19-6-4-7-20(16-19)18-29-11-5-10-26-29;/h2-11,16,30H,12-15,17-18H2,1H3,(H,24,25);1H. The summed E-state index contributed by atoms with van der Waals surface area (Å²) in [6.07, 6.45) is 3.77. The van der Waals surface area contributed by atoms with E-state index >= 15 is 0 Å². The number of guanidine groups is 1. The van der Waals surface area contributed by atoms with E-state index in [9.17, 15) is 5.11 Å². The summed E-state index contributed by atoms with van der Waals surface area (Å²) in [4.78, 5) is 8.96. The van der Waals surface area contributed by atoms with Crippen LogP contribution in [0.25, 0.3) is 0 Å². The number of hydrogen-bond acceptors (Lipinski definition) is 4. The summed E-state index contributed by atoms with van der Waals surface area (Å²) in [5.41, 5.74) is 3.34. The molecule has 0 unspecified atom stereocenters. The van der Waals surface area contributed by atoms with Gasteiger partial charge in [0.1, 0.15) is 5.75 Å². The molecule has 1 saturated heterocycles. The average molecular weight is 532 g/mol. The molecule has 31 heavy (non-hydrogen) atoms. The Morgan fingerprint density at radius 3 is 2.52 bits per heavy atom. The Kier molecular flexibility index (Phi) is 8.16. The van der Waals surface area contributed by atoms with Gasteiger partial charge < -0.3 is 20.2 Å². The first kappa shape index (κ1) is 22.9. The van der Waals surface area contributed by atoms with Crippen LogP contribution in [0.5, 0.6) is 5.75 Å². The molecule has 8 heteroatoms. The highest BCUT2D eigenvalue weighted by molar-refractivity contribution is 14.0. The largest absolute Gasteiger partial charge is 0.506 e. The molecule has 3 aromatic rings. The molecule has 1 aliphatic rings. The van der Waals surface area contributed by atoms with E-state index in [2.05, 4.69) is 49.5 Å². The molecule has 0 bridgehead atoms. The Balaban J connectivity index is 0.00000272. The molecule has 0 aliphatic carbocycles. The normalized spacial score (nSPS) is 14.3. The van der Waals surface area contributed by atoms with Gasteiger partial charge >= 0.3 is 0 Å². The van der Waals surface area contributed by atoms with Crippen LogP contribution >= 0.6 is 24.0 Å². The minimum absolute atomic E-state index is 0. The lowest BCUT2D eigenvalue weighted by molar-refractivity contribution is 0.369. The molecule has 4 rings (SSSR count). The van der Waals surface area contributed by atoms with E-state index in [1.54, 1.807) is 12.3 Å². The van der Waals surface area contributed by atoms with E-state index in [1.807, 2.05) is 42.2 Å². The topological polar surface area (TPSA) is 68.9 Å². The first-order chi connectivity index (χ1) is 14.7. The third-order valence-corrected chi connectivity index (χ3v) is 5.36. The number of aromatic nitrogens is 2. The highest BCUT2D eigenvalue weighted by atomic mass is 127. The average Bonchev–Trinajstić information content (AvgIpc) is 3.28. The number of para-hydroxylation sites is 2. The molecule has 1 aromatic heterocycles. The lowest BCUT2D eigenvalue weighted by Crippen LogP contribution is -2.52. The zero-order valence-electron chi connectivity index (χ0n) is 17.7. The van der Waals surface area contributed by atoms with Crippen LogP contribution in [0.3, 0.4) is 0 Å². The van der Waals surface area contributed by atoms with Crippen molar-refractivity contribution in [3.8, 4) is 5.75 Å². The van der Waals surface area contributed by atoms with Crippen molar-refractivity contribution in [1.29, 1.82) is 0 Å². The van der Waals surface area contributed by atoms with Gasteiger partial charge in [0, 0.05) is 52.2 Å². The van der Waals surface area contributed by atoms with E-state index in [4.69, 9.17) is 0 Å². The van der Waals surface area contributed by atoms with Crippen molar-refractivity contribution >= 4 is 35.6 Å². The lowest BCUT2D eigenvalue weighted by atomic mass is 10.1. The van der Waals surface area contributed by atoms with Crippen LogP contribution < -0.4 is 10.2 Å². The van der Waals surface area contributed by atoms with Gasteiger partial charge in [-0.15, -0.1) is 24.0 Å². The molecule has 0 spiro atoms. The van der Waals surface area contributed by atoms with Gasteiger partial charge in [-0.3, -0.25) is 9.67 Å². The number of hydrogen-bond donors (Lipinski definition) is 2. The molecule has 7 nitrogen and oxygen atoms in total. The van der Waals surface area contributed by atoms with Gasteiger partial charge in [-0.25, -0.2) is 0 Å². The van der Waals surface area contributed by atoms with Gasteiger partial charge in [0.2, 0.25) is 0 Å². The number of piperazine rings is 1. The number of phenols is 1. The molecule has 164 valence electrons. The van der Waals surface area contributed by atoms with Crippen molar-refractivity contribution in [1.82, 2.24) is 20.0 Å². The molecule has 1 fully saturated rings. The van der Waals surface area contributed by atoms with Crippen LogP contribution in [0.2, 0.25) is 0 Å².